The van der Waals surface area contributed by atoms with Crippen LogP contribution in [0.5, 0.6) is 28.7 Å². The Morgan fingerprint density at radius 1 is 0.917 bits per heavy atom. The average Bonchev–Trinajstić information content (AvgIpc) is 3.35. The summed E-state index contributed by atoms with van der Waals surface area (Å²) in [6, 6.07) is 8.04. The summed E-state index contributed by atoms with van der Waals surface area (Å²) in [7, 11) is 7.61. The second kappa shape index (κ2) is 12.1. The van der Waals surface area contributed by atoms with Gasteiger partial charge in [-0.25, -0.2) is 0 Å². The third kappa shape index (κ3) is 5.59. The van der Waals surface area contributed by atoms with Crippen molar-refractivity contribution in [2.24, 2.45) is 5.92 Å². The van der Waals surface area contributed by atoms with Gasteiger partial charge in [-0.05, 0) is 35.7 Å². The molecule has 1 aliphatic heterocycles. The Hall–Kier alpha value is -3.27. The second-order valence-corrected chi connectivity index (χ2v) is 9.69. The highest BCUT2D eigenvalue weighted by Gasteiger charge is 2.43. The molecule has 1 aliphatic rings. The van der Waals surface area contributed by atoms with Gasteiger partial charge in [0.1, 0.15) is 11.4 Å². The van der Waals surface area contributed by atoms with Crippen LogP contribution in [0.3, 0.4) is 0 Å². The molecule has 10 heteroatoms. The SMILES string of the molecule is COc1ccc(C2SCC(C(=O)NCC(C)C)N2C(=O)c2cc(OC)c(OC)c(OC)c2)cc1OC. The van der Waals surface area contributed by atoms with E-state index in [1.54, 1.807) is 37.3 Å². The van der Waals surface area contributed by atoms with Crippen molar-refractivity contribution in [2.75, 3.05) is 47.8 Å². The van der Waals surface area contributed by atoms with Crippen molar-refractivity contribution in [3.63, 3.8) is 0 Å². The molecule has 2 amide bonds. The molecular formula is C26H34N2O7S. The molecule has 0 bridgehead atoms. The number of nitrogens with zero attached hydrogens (tertiary/aromatic N) is 1. The number of hydrogen-bond acceptors (Lipinski definition) is 8. The van der Waals surface area contributed by atoms with Crippen LogP contribution >= 0.6 is 11.8 Å². The van der Waals surface area contributed by atoms with E-state index in [9.17, 15) is 9.59 Å². The molecule has 1 heterocycles. The minimum Gasteiger partial charge on any atom is -0.493 e. The molecule has 1 N–H and O–H groups in total. The number of carbonyl (C=O) groups excluding carboxylic acids is 2. The van der Waals surface area contributed by atoms with Crippen molar-refractivity contribution in [3.05, 3.63) is 41.5 Å². The van der Waals surface area contributed by atoms with Crippen molar-refractivity contribution in [2.45, 2.75) is 25.3 Å². The molecule has 1 fully saturated rings. The Morgan fingerprint density at radius 3 is 2.06 bits per heavy atom. The Kier molecular flexibility index (Phi) is 9.19. The molecule has 1 saturated heterocycles. The van der Waals surface area contributed by atoms with E-state index in [2.05, 4.69) is 5.32 Å². The number of nitrogens with one attached hydrogen (secondary N) is 1. The maximum Gasteiger partial charge on any atom is 0.256 e. The third-order valence-corrected chi connectivity index (χ3v) is 7.15. The van der Waals surface area contributed by atoms with E-state index in [1.165, 1.54) is 33.1 Å². The summed E-state index contributed by atoms with van der Waals surface area (Å²) in [5.74, 6) is 2.43. The number of methoxy groups -OCH3 is 5. The van der Waals surface area contributed by atoms with Gasteiger partial charge in [-0.2, -0.15) is 0 Å². The average molecular weight is 519 g/mol. The summed E-state index contributed by atoms with van der Waals surface area (Å²) >= 11 is 1.52. The molecule has 0 saturated carbocycles. The van der Waals surface area contributed by atoms with E-state index in [-0.39, 0.29) is 17.7 Å². The Labute approximate surface area is 216 Å². The lowest BCUT2D eigenvalue weighted by Crippen LogP contribution is -2.48. The van der Waals surface area contributed by atoms with Gasteiger partial charge in [0.2, 0.25) is 11.7 Å². The number of thioether (sulfide) groups is 1. The van der Waals surface area contributed by atoms with Crippen LogP contribution in [0.1, 0.15) is 35.1 Å². The van der Waals surface area contributed by atoms with E-state index in [1.807, 2.05) is 26.0 Å². The number of ether oxygens (including phenoxy) is 5. The molecule has 0 aromatic heterocycles. The summed E-state index contributed by atoms with van der Waals surface area (Å²) in [6.07, 6.45) is 0. The first-order chi connectivity index (χ1) is 17.3. The highest BCUT2D eigenvalue weighted by atomic mass is 32.2. The lowest BCUT2D eigenvalue weighted by atomic mass is 10.1. The maximum absolute atomic E-state index is 14.0. The van der Waals surface area contributed by atoms with Gasteiger partial charge in [-0.1, -0.05) is 19.9 Å². The molecule has 0 spiro atoms. The summed E-state index contributed by atoms with van der Waals surface area (Å²) in [5, 5.41) is 2.55. The van der Waals surface area contributed by atoms with Crippen molar-refractivity contribution in [3.8, 4) is 28.7 Å². The van der Waals surface area contributed by atoms with Crippen LogP contribution in [0.2, 0.25) is 0 Å². The molecule has 3 rings (SSSR count). The van der Waals surface area contributed by atoms with Crippen LogP contribution in [0.4, 0.5) is 0 Å². The van der Waals surface area contributed by atoms with Crippen LogP contribution in [-0.4, -0.2) is 70.6 Å². The van der Waals surface area contributed by atoms with E-state index < -0.39 is 11.4 Å². The van der Waals surface area contributed by atoms with Gasteiger partial charge in [0.25, 0.3) is 5.91 Å². The largest absolute Gasteiger partial charge is 0.493 e. The zero-order chi connectivity index (χ0) is 26.4. The normalized spacial score (nSPS) is 17.1. The zero-order valence-electron chi connectivity index (χ0n) is 21.7. The minimum atomic E-state index is -0.668. The van der Waals surface area contributed by atoms with Crippen LogP contribution in [0.25, 0.3) is 0 Å². The maximum atomic E-state index is 14.0. The first-order valence-corrected chi connectivity index (χ1v) is 12.6. The molecule has 0 radical (unpaired) electrons. The van der Waals surface area contributed by atoms with Gasteiger partial charge in [0.15, 0.2) is 23.0 Å². The molecular weight excluding hydrogens is 484 g/mol. The minimum absolute atomic E-state index is 0.194. The highest BCUT2D eigenvalue weighted by Crippen LogP contribution is 2.46. The van der Waals surface area contributed by atoms with Crippen molar-refractivity contribution >= 4 is 23.6 Å². The predicted molar refractivity (Wildman–Crippen MR) is 139 cm³/mol. The van der Waals surface area contributed by atoms with Gasteiger partial charge in [-0.15, -0.1) is 11.8 Å². The Morgan fingerprint density at radius 2 is 1.53 bits per heavy atom. The molecule has 2 atom stereocenters. The molecule has 2 aromatic carbocycles. The van der Waals surface area contributed by atoms with E-state index in [4.69, 9.17) is 23.7 Å². The third-order valence-electron chi connectivity index (χ3n) is 5.83. The van der Waals surface area contributed by atoms with Crippen LogP contribution in [0.15, 0.2) is 30.3 Å². The monoisotopic (exact) mass is 518 g/mol. The van der Waals surface area contributed by atoms with Gasteiger partial charge < -0.3 is 33.9 Å². The van der Waals surface area contributed by atoms with Crippen molar-refractivity contribution < 1.29 is 33.3 Å². The number of carbonyl (C=O) groups is 2. The number of rotatable bonds is 10. The highest BCUT2D eigenvalue weighted by molar-refractivity contribution is 7.99. The number of benzene rings is 2. The molecule has 0 aliphatic carbocycles. The molecule has 196 valence electrons. The molecule has 9 nitrogen and oxygen atoms in total. The summed E-state index contributed by atoms with van der Waals surface area (Å²) in [5.41, 5.74) is 1.14. The number of amides is 2. The van der Waals surface area contributed by atoms with Crippen molar-refractivity contribution in [1.29, 1.82) is 0 Å². The van der Waals surface area contributed by atoms with Crippen molar-refractivity contribution in [1.82, 2.24) is 10.2 Å². The quantitative estimate of drug-likeness (QED) is 0.508. The lowest BCUT2D eigenvalue weighted by molar-refractivity contribution is -0.125. The summed E-state index contributed by atoms with van der Waals surface area (Å²) in [6.45, 7) is 4.57. The molecule has 36 heavy (non-hydrogen) atoms. The smallest absolute Gasteiger partial charge is 0.256 e. The summed E-state index contributed by atoms with van der Waals surface area (Å²) < 4.78 is 27.1. The van der Waals surface area contributed by atoms with E-state index in [0.717, 1.165) is 5.56 Å². The van der Waals surface area contributed by atoms with Gasteiger partial charge >= 0.3 is 0 Å². The van der Waals surface area contributed by atoms with Crippen LogP contribution < -0.4 is 29.0 Å². The van der Waals surface area contributed by atoms with Gasteiger partial charge in [-0.3, -0.25) is 9.59 Å². The predicted octanol–water partition coefficient (Wildman–Crippen LogP) is 3.76. The fourth-order valence-electron chi connectivity index (χ4n) is 4.00. The first-order valence-electron chi connectivity index (χ1n) is 11.5. The fourth-order valence-corrected chi connectivity index (χ4v) is 5.41. The lowest BCUT2D eigenvalue weighted by Gasteiger charge is -2.30. The second-order valence-electron chi connectivity index (χ2n) is 8.58. The van der Waals surface area contributed by atoms with E-state index >= 15 is 0 Å². The first kappa shape index (κ1) is 27.3. The van der Waals surface area contributed by atoms with Crippen LogP contribution in [-0.2, 0) is 4.79 Å². The van der Waals surface area contributed by atoms with Crippen LogP contribution in [0, 0.1) is 5.92 Å². The molecule has 2 aromatic rings. The topological polar surface area (TPSA) is 95.6 Å². The number of hydrogen-bond donors (Lipinski definition) is 1. The fraction of sp³-hybridized carbons (Fsp3) is 0.462. The summed E-state index contributed by atoms with van der Waals surface area (Å²) in [4.78, 5) is 28.8. The standard InChI is InChI=1S/C26H34N2O7S/c1-15(2)13-27-24(29)18-14-36-26(16-8-9-19(31-3)20(10-16)32-4)28(18)25(30)17-11-21(33-5)23(35-7)22(12-17)34-6/h8-12,15,18,26H,13-14H2,1-7H3,(H,27,29). The zero-order valence-corrected chi connectivity index (χ0v) is 22.6. The van der Waals surface area contributed by atoms with E-state index in [0.29, 0.717) is 46.6 Å². The van der Waals surface area contributed by atoms with Gasteiger partial charge in [0.05, 0.1) is 35.5 Å². The van der Waals surface area contributed by atoms with Gasteiger partial charge in [0, 0.05) is 17.9 Å². The molecule has 2 unspecified atom stereocenters. The Balaban J connectivity index is 2.07. The Bertz CT molecular complexity index is 1070.